The fraction of sp³-hybridized carbons (Fsp3) is 0.571. The van der Waals surface area contributed by atoms with E-state index >= 15 is 0 Å². The van der Waals surface area contributed by atoms with Gasteiger partial charge in [0.2, 0.25) is 0 Å². The minimum atomic E-state index is 0.827. The average Bonchev–Trinajstić information content (AvgIpc) is 2.34. The van der Waals surface area contributed by atoms with Gasteiger partial charge in [0.15, 0.2) is 0 Å². The maximum absolute atomic E-state index is 5.27. The SMILES string of the molecule is CCOCCCNCCCc1ccccc1. The van der Waals surface area contributed by atoms with Crippen LogP contribution < -0.4 is 5.32 Å². The van der Waals surface area contributed by atoms with Crippen LogP contribution in [0.1, 0.15) is 25.3 Å². The molecule has 2 nitrogen and oxygen atoms in total. The molecular formula is C14H23NO. The van der Waals surface area contributed by atoms with Gasteiger partial charge in [0.05, 0.1) is 0 Å². The molecule has 16 heavy (non-hydrogen) atoms. The van der Waals surface area contributed by atoms with Crippen molar-refractivity contribution in [2.24, 2.45) is 0 Å². The summed E-state index contributed by atoms with van der Waals surface area (Å²) in [7, 11) is 0. The lowest BCUT2D eigenvalue weighted by molar-refractivity contribution is 0.145. The molecule has 1 N–H and O–H groups in total. The molecule has 0 aliphatic carbocycles. The van der Waals surface area contributed by atoms with Gasteiger partial charge >= 0.3 is 0 Å². The number of hydrogen-bond donors (Lipinski definition) is 1. The Labute approximate surface area is 99.0 Å². The van der Waals surface area contributed by atoms with Crippen LogP contribution in [0.25, 0.3) is 0 Å². The van der Waals surface area contributed by atoms with Crippen LogP contribution in [0.15, 0.2) is 30.3 Å². The Morgan fingerprint density at radius 1 is 1.06 bits per heavy atom. The van der Waals surface area contributed by atoms with Crippen LogP contribution in [-0.4, -0.2) is 26.3 Å². The summed E-state index contributed by atoms with van der Waals surface area (Å²) in [6, 6.07) is 10.6. The maximum Gasteiger partial charge on any atom is 0.0477 e. The van der Waals surface area contributed by atoms with Gasteiger partial charge in [-0.1, -0.05) is 30.3 Å². The first-order valence-electron chi connectivity index (χ1n) is 6.26. The van der Waals surface area contributed by atoms with Crippen LogP contribution in [0.3, 0.4) is 0 Å². The summed E-state index contributed by atoms with van der Waals surface area (Å²) in [5.41, 5.74) is 1.43. The summed E-state index contributed by atoms with van der Waals surface area (Å²) in [6.45, 7) is 5.90. The van der Waals surface area contributed by atoms with Crippen LogP contribution in [0, 0.1) is 0 Å². The predicted molar refractivity (Wildman–Crippen MR) is 68.7 cm³/mol. The number of hydrogen-bond acceptors (Lipinski definition) is 2. The zero-order valence-electron chi connectivity index (χ0n) is 10.2. The van der Waals surface area contributed by atoms with Gasteiger partial charge in [-0.25, -0.2) is 0 Å². The van der Waals surface area contributed by atoms with Gasteiger partial charge in [-0.15, -0.1) is 0 Å². The highest BCUT2D eigenvalue weighted by molar-refractivity contribution is 5.14. The van der Waals surface area contributed by atoms with E-state index in [4.69, 9.17) is 4.74 Å². The van der Waals surface area contributed by atoms with E-state index in [1.165, 1.54) is 18.4 Å². The van der Waals surface area contributed by atoms with Crippen molar-refractivity contribution in [3.8, 4) is 0 Å². The van der Waals surface area contributed by atoms with Crippen LogP contribution in [0.4, 0.5) is 0 Å². The highest BCUT2D eigenvalue weighted by atomic mass is 16.5. The second-order valence-electron chi connectivity index (χ2n) is 3.89. The van der Waals surface area contributed by atoms with E-state index in [2.05, 4.69) is 35.6 Å². The standard InChI is InChI=1S/C14H23NO/c1-2-16-13-7-12-15-11-6-10-14-8-4-3-5-9-14/h3-5,8-9,15H,2,6-7,10-13H2,1H3. The van der Waals surface area contributed by atoms with Crippen molar-refractivity contribution in [2.45, 2.75) is 26.2 Å². The molecule has 0 radical (unpaired) electrons. The lowest BCUT2D eigenvalue weighted by Crippen LogP contribution is -2.18. The van der Waals surface area contributed by atoms with E-state index in [0.29, 0.717) is 0 Å². The highest BCUT2D eigenvalue weighted by Crippen LogP contribution is 2.01. The van der Waals surface area contributed by atoms with E-state index < -0.39 is 0 Å². The molecule has 0 amide bonds. The van der Waals surface area contributed by atoms with E-state index in [-0.39, 0.29) is 0 Å². The maximum atomic E-state index is 5.27. The minimum Gasteiger partial charge on any atom is -0.382 e. The molecule has 1 aromatic carbocycles. The third kappa shape index (κ3) is 6.59. The number of rotatable bonds is 9. The Balaban J connectivity index is 1.89. The number of aryl methyl sites for hydroxylation is 1. The Kier molecular flexibility index (Phi) is 7.74. The van der Waals surface area contributed by atoms with E-state index in [1.807, 2.05) is 6.92 Å². The molecular weight excluding hydrogens is 198 g/mol. The van der Waals surface area contributed by atoms with Gasteiger partial charge in [-0.3, -0.25) is 0 Å². The van der Waals surface area contributed by atoms with Crippen molar-refractivity contribution in [1.29, 1.82) is 0 Å². The third-order valence-electron chi connectivity index (χ3n) is 2.51. The summed E-state index contributed by atoms with van der Waals surface area (Å²) in [4.78, 5) is 0. The predicted octanol–water partition coefficient (Wildman–Crippen LogP) is 2.64. The van der Waals surface area contributed by atoms with Crippen LogP contribution in [-0.2, 0) is 11.2 Å². The normalized spacial score (nSPS) is 10.6. The molecule has 0 aliphatic heterocycles. The monoisotopic (exact) mass is 221 g/mol. The Morgan fingerprint density at radius 3 is 2.56 bits per heavy atom. The molecule has 0 aliphatic rings. The van der Waals surface area contributed by atoms with Crippen molar-refractivity contribution in [3.63, 3.8) is 0 Å². The van der Waals surface area contributed by atoms with Crippen molar-refractivity contribution >= 4 is 0 Å². The van der Waals surface area contributed by atoms with Gasteiger partial charge < -0.3 is 10.1 Å². The van der Waals surface area contributed by atoms with E-state index in [9.17, 15) is 0 Å². The summed E-state index contributed by atoms with van der Waals surface area (Å²) < 4.78 is 5.27. The zero-order valence-corrected chi connectivity index (χ0v) is 10.2. The first-order chi connectivity index (χ1) is 7.93. The average molecular weight is 221 g/mol. The summed E-state index contributed by atoms with van der Waals surface area (Å²) >= 11 is 0. The van der Waals surface area contributed by atoms with Crippen molar-refractivity contribution in [2.75, 3.05) is 26.3 Å². The number of ether oxygens (including phenoxy) is 1. The first kappa shape index (κ1) is 13.2. The van der Waals surface area contributed by atoms with Crippen LogP contribution in [0.2, 0.25) is 0 Å². The fourth-order valence-corrected chi connectivity index (χ4v) is 1.63. The quantitative estimate of drug-likeness (QED) is 0.647. The molecule has 0 aromatic heterocycles. The lowest BCUT2D eigenvalue weighted by Gasteiger charge is -2.05. The Hall–Kier alpha value is -0.860. The van der Waals surface area contributed by atoms with Crippen molar-refractivity contribution < 1.29 is 4.74 Å². The molecule has 0 saturated heterocycles. The van der Waals surface area contributed by atoms with Crippen molar-refractivity contribution in [1.82, 2.24) is 5.32 Å². The van der Waals surface area contributed by atoms with Crippen LogP contribution >= 0.6 is 0 Å². The van der Waals surface area contributed by atoms with Gasteiger partial charge in [-0.05, 0) is 44.8 Å². The minimum absolute atomic E-state index is 0.827. The van der Waals surface area contributed by atoms with Crippen molar-refractivity contribution in [3.05, 3.63) is 35.9 Å². The molecule has 0 saturated carbocycles. The van der Waals surface area contributed by atoms with Gasteiger partial charge in [0.25, 0.3) is 0 Å². The van der Waals surface area contributed by atoms with Gasteiger partial charge in [0, 0.05) is 13.2 Å². The molecule has 0 unspecified atom stereocenters. The molecule has 0 fully saturated rings. The molecule has 1 aromatic rings. The molecule has 1 rings (SSSR count). The largest absolute Gasteiger partial charge is 0.382 e. The second kappa shape index (κ2) is 9.37. The van der Waals surface area contributed by atoms with Gasteiger partial charge in [0.1, 0.15) is 0 Å². The second-order valence-corrected chi connectivity index (χ2v) is 3.89. The van der Waals surface area contributed by atoms with E-state index in [0.717, 1.165) is 32.7 Å². The topological polar surface area (TPSA) is 21.3 Å². The van der Waals surface area contributed by atoms with Crippen LogP contribution in [0.5, 0.6) is 0 Å². The summed E-state index contributed by atoms with van der Waals surface area (Å²) in [5.74, 6) is 0. The highest BCUT2D eigenvalue weighted by Gasteiger charge is 1.92. The van der Waals surface area contributed by atoms with E-state index in [1.54, 1.807) is 0 Å². The smallest absolute Gasteiger partial charge is 0.0477 e. The molecule has 2 heteroatoms. The molecule has 0 spiro atoms. The summed E-state index contributed by atoms with van der Waals surface area (Å²) in [6.07, 6.45) is 3.48. The lowest BCUT2D eigenvalue weighted by atomic mass is 10.1. The molecule has 0 bridgehead atoms. The zero-order chi connectivity index (χ0) is 11.5. The third-order valence-corrected chi connectivity index (χ3v) is 2.51. The molecule has 0 heterocycles. The number of nitrogens with one attached hydrogen (secondary N) is 1. The summed E-state index contributed by atoms with van der Waals surface area (Å²) in [5, 5.41) is 3.43. The molecule has 0 atom stereocenters. The number of benzene rings is 1. The molecule has 90 valence electrons. The van der Waals surface area contributed by atoms with Gasteiger partial charge in [-0.2, -0.15) is 0 Å². The first-order valence-corrected chi connectivity index (χ1v) is 6.26. The fourth-order valence-electron chi connectivity index (χ4n) is 1.63. The Morgan fingerprint density at radius 2 is 1.81 bits per heavy atom. The Bertz CT molecular complexity index is 248.